The predicted molar refractivity (Wildman–Crippen MR) is 118 cm³/mol. The lowest BCUT2D eigenvalue weighted by atomic mass is 10.2. The van der Waals surface area contributed by atoms with E-state index in [1.807, 2.05) is 36.4 Å². The molecule has 3 N–H and O–H groups in total. The van der Waals surface area contributed by atoms with Crippen molar-refractivity contribution in [1.82, 2.24) is 15.4 Å². The Labute approximate surface area is 178 Å². The van der Waals surface area contributed by atoms with Gasteiger partial charge in [0.25, 0.3) is 0 Å². The van der Waals surface area contributed by atoms with Gasteiger partial charge in [-0.05, 0) is 23.3 Å². The van der Waals surface area contributed by atoms with Crippen molar-refractivity contribution in [3.05, 3.63) is 65.7 Å². The Kier molecular flexibility index (Phi) is 10.3. The van der Waals surface area contributed by atoms with Crippen LogP contribution in [0.5, 0.6) is 0 Å². The lowest BCUT2D eigenvalue weighted by Crippen LogP contribution is -2.38. The van der Waals surface area contributed by atoms with Crippen LogP contribution in [0.4, 0.5) is 0 Å². The highest BCUT2D eigenvalue weighted by molar-refractivity contribution is 7.89. The summed E-state index contributed by atoms with van der Waals surface area (Å²) < 4.78 is 37.7. The van der Waals surface area contributed by atoms with Crippen LogP contribution in [0.25, 0.3) is 0 Å². The average molecular weight is 435 g/mol. The lowest BCUT2D eigenvalue weighted by Gasteiger charge is -2.13. The van der Waals surface area contributed by atoms with Crippen molar-refractivity contribution in [3.63, 3.8) is 0 Å². The normalized spacial score (nSPS) is 12.0. The van der Waals surface area contributed by atoms with Crippen LogP contribution in [0.1, 0.15) is 11.1 Å². The fourth-order valence-electron chi connectivity index (χ4n) is 2.60. The van der Waals surface area contributed by atoms with Crippen LogP contribution < -0.4 is 15.4 Å². The molecule has 0 radical (unpaired) electrons. The first-order valence-electron chi connectivity index (χ1n) is 9.69. The van der Waals surface area contributed by atoms with E-state index in [1.54, 1.807) is 25.2 Å². The van der Waals surface area contributed by atoms with Crippen molar-refractivity contribution in [3.8, 4) is 0 Å². The van der Waals surface area contributed by atoms with Crippen molar-refractivity contribution in [2.24, 2.45) is 4.99 Å². The molecule has 0 saturated heterocycles. The highest BCUT2D eigenvalue weighted by Gasteiger charge is 2.13. The van der Waals surface area contributed by atoms with E-state index >= 15 is 0 Å². The zero-order chi connectivity index (χ0) is 21.7. The second kappa shape index (κ2) is 13.0. The standard InChI is InChI=1S/C21H30N4O4S/c1-22-21(23-11-14-29-17-18-7-4-3-5-8-18)24-16-19-9-6-10-20(15-19)30(26,27)25-12-13-28-2/h3-10,15,25H,11-14,16-17H2,1-2H3,(H2,22,23,24). The number of ether oxygens (including phenoxy) is 2. The molecule has 0 bridgehead atoms. The Hall–Kier alpha value is -2.46. The molecule has 0 saturated carbocycles. The summed E-state index contributed by atoms with van der Waals surface area (Å²) in [5.74, 6) is 0.616. The van der Waals surface area contributed by atoms with Crippen LogP contribution in [-0.4, -0.2) is 54.8 Å². The van der Waals surface area contributed by atoms with Gasteiger partial charge in [-0.2, -0.15) is 0 Å². The van der Waals surface area contributed by atoms with Gasteiger partial charge in [0.1, 0.15) is 0 Å². The summed E-state index contributed by atoms with van der Waals surface area (Å²) in [5.41, 5.74) is 1.96. The number of sulfonamides is 1. The van der Waals surface area contributed by atoms with Crippen molar-refractivity contribution in [2.45, 2.75) is 18.0 Å². The third-order valence-electron chi connectivity index (χ3n) is 4.14. The van der Waals surface area contributed by atoms with Crippen LogP contribution >= 0.6 is 0 Å². The van der Waals surface area contributed by atoms with Crippen LogP contribution in [-0.2, 0) is 32.6 Å². The van der Waals surface area contributed by atoms with Gasteiger partial charge < -0.3 is 20.1 Å². The van der Waals surface area contributed by atoms with E-state index in [0.717, 1.165) is 11.1 Å². The third kappa shape index (κ3) is 8.50. The zero-order valence-corrected chi connectivity index (χ0v) is 18.2. The van der Waals surface area contributed by atoms with E-state index in [2.05, 4.69) is 20.3 Å². The van der Waals surface area contributed by atoms with Crippen LogP contribution in [0.3, 0.4) is 0 Å². The minimum absolute atomic E-state index is 0.218. The summed E-state index contributed by atoms with van der Waals surface area (Å²) in [6, 6.07) is 16.8. The number of rotatable bonds is 12. The molecule has 0 fully saturated rings. The Bertz CT molecular complexity index is 889. The number of methoxy groups -OCH3 is 1. The summed E-state index contributed by atoms with van der Waals surface area (Å²) in [5, 5.41) is 6.35. The maximum atomic E-state index is 12.3. The van der Waals surface area contributed by atoms with Crippen molar-refractivity contribution in [2.75, 3.05) is 40.5 Å². The molecule has 0 aromatic heterocycles. The van der Waals surface area contributed by atoms with Gasteiger partial charge in [0.05, 0.1) is 24.7 Å². The molecule has 0 atom stereocenters. The highest BCUT2D eigenvalue weighted by Crippen LogP contribution is 2.11. The molecule has 0 aliphatic carbocycles. The molecule has 0 unspecified atom stereocenters. The minimum atomic E-state index is -3.56. The van der Waals surface area contributed by atoms with Gasteiger partial charge in [0.15, 0.2) is 5.96 Å². The van der Waals surface area contributed by atoms with Crippen LogP contribution in [0.2, 0.25) is 0 Å². The fraction of sp³-hybridized carbons (Fsp3) is 0.381. The van der Waals surface area contributed by atoms with E-state index < -0.39 is 10.0 Å². The Balaban J connectivity index is 1.76. The second-order valence-electron chi connectivity index (χ2n) is 6.43. The maximum absolute atomic E-state index is 12.3. The lowest BCUT2D eigenvalue weighted by molar-refractivity contribution is 0.125. The smallest absolute Gasteiger partial charge is 0.240 e. The van der Waals surface area contributed by atoms with Crippen molar-refractivity contribution < 1.29 is 17.9 Å². The number of nitrogens with zero attached hydrogens (tertiary/aromatic N) is 1. The molecule has 2 aromatic carbocycles. The molecule has 2 rings (SSSR count). The average Bonchev–Trinajstić information content (AvgIpc) is 2.76. The number of hydrogen-bond acceptors (Lipinski definition) is 5. The summed E-state index contributed by atoms with van der Waals surface area (Å²) in [6.45, 7) is 2.68. The molecule has 8 nitrogen and oxygen atoms in total. The van der Waals surface area contributed by atoms with Gasteiger partial charge in [0, 0.05) is 33.8 Å². The predicted octanol–water partition coefficient (Wildman–Crippen LogP) is 1.49. The van der Waals surface area contributed by atoms with Gasteiger partial charge >= 0.3 is 0 Å². The van der Waals surface area contributed by atoms with E-state index in [1.165, 1.54) is 7.11 Å². The van der Waals surface area contributed by atoms with Crippen molar-refractivity contribution in [1.29, 1.82) is 0 Å². The van der Waals surface area contributed by atoms with Gasteiger partial charge in [-0.3, -0.25) is 4.99 Å². The minimum Gasteiger partial charge on any atom is -0.383 e. The first kappa shape index (κ1) is 23.8. The second-order valence-corrected chi connectivity index (χ2v) is 8.20. The maximum Gasteiger partial charge on any atom is 0.240 e. The Morgan fingerprint density at radius 1 is 0.967 bits per heavy atom. The summed E-state index contributed by atoms with van der Waals surface area (Å²) in [6.07, 6.45) is 0. The number of hydrogen-bond donors (Lipinski definition) is 3. The number of guanidine groups is 1. The monoisotopic (exact) mass is 434 g/mol. The highest BCUT2D eigenvalue weighted by atomic mass is 32.2. The first-order valence-corrected chi connectivity index (χ1v) is 11.2. The first-order chi connectivity index (χ1) is 14.5. The Morgan fingerprint density at radius 2 is 1.73 bits per heavy atom. The van der Waals surface area contributed by atoms with Gasteiger partial charge in [-0.15, -0.1) is 0 Å². The molecule has 0 spiro atoms. The molecule has 0 aliphatic heterocycles. The molecular formula is C21H30N4O4S. The topological polar surface area (TPSA) is 101 Å². The SMILES string of the molecule is CN=C(NCCOCc1ccccc1)NCc1cccc(S(=O)(=O)NCCOC)c1. The molecule has 0 amide bonds. The summed E-state index contributed by atoms with van der Waals surface area (Å²) in [4.78, 5) is 4.39. The Morgan fingerprint density at radius 3 is 2.47 bits per heavy atom. The largest absolute Gasteiger partial charge is 0.383 e. The van der Waals surface area contributed by atoms with Gasteiger partial charge in [-0.25, -0.2) is 13.1 Å². The summed E-state index contributed by atoms with van der Waals surface area (Å²) >= 11 is 0. The van der Waals surface area contributed by atoms with E-state index in [-0.39, 0.29) is 11.4 Å². The van der Waals surface area contributed by atoms with E-state index in [0.29, 0.717) is 38.9 Å². The molecular weight excluding hydrogens is 404 g/mol. The zero-order valence-electron chi connectivity index (χ0n) is 17.4. The summed E-state index contributed by atoms with van der Waals surface area (Å²) in [7, 11) is -0.357. The van der Waals surface area contributed by atoms with Gasteiger partial charge in [0.2, 0.25) is 10.0 Å². The number of benzene rings is 2. The molecule has 2 aromatic rings. The van der Waals surface area contributed by atoms with Crippen molar-refractivity contribution >= 4 is 16.0 Å². The van der Waals surface area contributed by atoms with E-state index in [9.17, 15) is 8.42 Å². The quantitative estimate of drug-likeness (QED) is 0.266. The van der Waals surface area contributed by atoms with E-state index in [4.69, 9.17) is 9.47 Å². The third-order valence-corrected chi connectivity index (χ3v) is 5.60. The fourth-order valence-corrected chi connectivity index (χ4v) is 3.68. The molecule has 30 heavy (non-hydrogen) atoms. The molecule has 9 heteroatoms. The molecule has 0 heterocycles. The number of aliphatic imine (C=N–C) groups is 1. The number of nitrogens with one attached hydrogen (secondary N) is 3. The molecule has 164 valence electrons. The molecule has 0 aliphatic rings. The van der Waals surface area contributed by atoms with Crippen LogP contribution in [0.15, 0.2) is 64.5 Å². The van der Waals surface area contributed by atoms with Gasteiger partial charge in [-0.1, -0.05) is 42.5 Å². The van der Waals surface area contributed by atoms with Crippen LogP contribution in [0, 0.1) is 0 Å².